The summed E-state index contributed by atoms with van der Waals surface area (Å²) >= 11 is 8.78. The highest BCUT2D eigenvalue weighted by atomic mass is 32.1. The molecule has 2 aliphatic rings. The summed E-state index contributed by atoms with van der Waals surface area (Å²) in [7, 11) is 0. The number of H-pyrrole nitrogens is 1. The number of primary amides is 1. The molecule has 0 saturated heterocycles. The fourth-order valence-electron chi connectivity index (χ4n) is 9.94. The average molecular weight is 1120 g/mol. The fraction of sp³-hybridized carbons (Fsp3) is 0.404. The van der Waals surface area contributed by atoms with E-state index in [2.05, 4.69) is 67.5 Å². The Balaban J connectivity index is 1.10. The van der Waals surface area contributed by atoms with Crippen LogP contribution in [0.3, 0.4) is 0 Å². The van der Waals surface area contributed by atoms with Crippen LogP contribution in [0.4, 0.5) is 0 Å². The van der Waals surface area contributed by atoms with Gasteiger partial charge in [0.25, 0.3) is 0 Å². The molecule has 0 radical (unpaired) electrons. The fourth-order valence-corrected chi connectivity index (χ4v) is 10.4. The summed E-state index contributed by atoms with van der Waals surface area (Å²) in [5.41, 5.74) is 17.4. The number of hydrogen-bond donors (Lipinski definition) is 13. The summed E-state index contributed by atoms with van der Waals surface area (Å²) in [6.45, 7) is 4.23. The van der Waals surface area contributed by atoms with Gasteiger partial charge in [-0.2, -0.15) is 25.3 Å². The van der Waals surface area contributed by atoms with E-state index < -0.39 is 102 Å². The van der Waals surface area contributed by atoms with Gasteiger partial charge in [-0.25, -0.2) is 0 Å². The molecule has 7 rings (SSSR count). The van der Waals surface area contributed by atoms with E-state index >= 15 is 0 Å². The zero-order valence-corrected chi connectivity index (χ0v) is 46.0. The lowest BCUT2D eigenvalue weighted by Crippen LogP contribution is -2.62. The first-order valence-electron chi connectivity index (χ1n) is 26.5. The summed E-state index contributed by atoms with van der Waals surface area (Å²) in [5.74, 6) is -6.23. The number of benzene rings is 4. The summed E-state index contributed by atoms with van der Waals surface area (Å²) in [6.07, 6.45) is 3.07. The predicted molar refractivity (Wildman–Crippen MR) is 305 cm³/mol. The largest absolute Gasteiger partial charge is 0.508 e. The molecule has 8 amide bonds. The predicted octanol–water partition coefficient (Wildman–Crippen LogP) is 1.37. The van der Waals surface area contributed by atoms with Gasteiger partial charge >= 0.3 is 0 Å². The number of phenolic OH excluding ortho intramolecular Hbond substituents is 1. The number of aromatic hydroxyl groups is 1. The highest BCUT2D eigenvalue weighted by Gasteiger charge is 2.39. The number of phenols is 1. The molecular formula is C57H71N11O9S2. The Morgan fingerprint density at radius 1 is 0.646 bits per heavy atom. The highest BCUT2D eigenvalue weighted by Crippen LogP contribution is 2.25. The second-order valence-electron chi connectivity index (χ2n) is 20.4. The van der Waals surface area contributed by atoms with Crippen LogP contribution in [0.25, 0.3) is 10.9 Å². The van der Waals surface area contributed by atoms with Crippen molar-refractivity contribution in [2.24, 2.45) is 17.4 Å². The molecule has 2 unspecified atom stereocenters. The zero-order chi connectivity index (χ0) is 56.8. The van der Waals surface area contributed by atoms with Crippen LogP contribution in [0.15, 0.2) is 103 Å². The van der Waals surface area contributed by atoms with E-state index in [1.807, 2.05) is 72.8 Å². The topological polar surface area (TPSA) is 312 Å². The number of aromatic amines is 1. The highest BCUT2D eigenvalue weighted by molar-refractivity contribution is 7.80. The van der Waals surface area contributed by atoms with Crippen molar-refractivity contribution in [1.82, 2.24) is 47.1 Å². The molecule has 3 heterocycles. The molecule has 79 heavy (non-hydrogen) atoms. The standard InChI is InChI=1S/C57H71N11O9S2/c1-32(2)49(56(76)66-47(31-79)57(77)68-29-37-14-6-4-12-35(37)26-48(68)50(59)70)67-51(71)42(17-9-10-22-58)62-54(74)45(25-38-28-60-41-16-8-7-15-40(38)41)64-53(73)44(23-33-18-20-39(69)21-19-33)63-55(75)46(30-78)65-52(72)43-24-34-11-3-5-13-36(34)27-61-43/h3-8,11-16,18-21,28,32,42-49,60-61,69,78-79H,9-10,17,22-27,29-31,58H2,1-2H3,(H2,59,70)(H,62,74)(H,63,75)(H,64,73)(H,65,72)(H,66,76)(H,67,71)/t42-,43?,44-,45+,46+,47-,48?,49-/m0/s1. The molecule has 420 valence electrons. The second kappa shape index (κ2) is 28.0. The van der Waals surface area contributed by atoms with E-state index in [9.17, 15) is 43.5 Å². The first-order chi connectivity index (χ1) is 38.0. The van der Waals surface area contributed by atoms with Crippen LogP contribution < -0.4 is 48.7 Å². The molecule has 0 fully saturated rings. The van der Waals surface area contributed by atoms with E-state index in [-0.39, 0.29) is 56.0 Å². The van der Waals surface area contributed by atoms with Crippen LogP contribution in [0.2, 0.25) is 0 Å². The van der Waals surface area contributed by atoms with Gasteiger partial charge in [-0.15, -0.1) is 0 Å². The van der Waals surface area contributed by atoms with Crippen molar-refractivity contribution < 1.29 is 43.5 Å². The minimum atomic E-state index is -1.37. The van der Waals surface area contributed by atoms with Gasteiger partial charge in [-0.05, 0) is 89.7 Å². The number of unbranched alkanes of at least 4 members (excludes halogenated alkanes) is 1. The first kappa shape index (κ1) is 59.3. The quantitative estimate of drug-likeness (QED) is 0.0293. The lowest BCUT2D eigenvalue weighted by molar-refractivity contribution is -0.143. The van der Waals surface area contributed by atoms with Crippen LogP contribution in [0, 0.1) is 5.92 Å². The van der Waals surface area contributed by atoms with Gasteiger partial charge in [0.2, 0.25) is 47.3 Å². The van der Waals surface area contributed by atoms with E-state index in [1.165, 1.54) is 17.0 Å². The first-order valence-corrected chi connectivity index (χ1v) is 27.8. The van der Waals surface area contributed by atoms with Gasteiger partial charge in [0.1, 0.15) is 48.0 Å². The minimum absolute atomic E-state index is 0.0252. The maximum Gasteiger partial charge on any atom is 0.246 e. The van der Waals surface area contributed by atoms with Gasteiger partial charge in [0.05, 0.1) is 6.04 Å². The van der Waals surface area contributed by atoms with Crippen LogP contribution in [-0.2, 0) is 77.1 Å². The smallest absolute Gasteiger partial charge is 0.246 e. The van der Waals surface area contributed by atoms with Crippen molar-refractivity contribution in [3.8, 4) is 5.75 Å². The number of carbonyl (C=O) groups is 8. The number of hydrogen-bond acceptors (Lipinski definition) is 13. The van der Waals surface area contributed by atoms with Crippen molar-refractivity contribution in [3.63, 3.8) is 0 Å². The normalized spacial score (nSPS) is 17.1. The van der Waals surface area contributed by atoms with Crippen molar-refractivity contribution in [2.45, 2.75) is 120 Å². The van der Waals surface area contributed by atoms with Gasteiger partial charge < -0.3 is 63.7 Å². The van der Waals surface area contributed by atoms with E-state index in [0.29, 0.717) is 36.9 Å². The third-order valence-corrected chi connectivity index (χ3v) is 15.2. The van der Waals surface area contributed by atoms with Gasteiger partial charge in [-0.3, -0.25) is 38.4 Å². The Hall–Kier alpha value is -7.40. The minimum Gasteiger partial charge on any atom is -0.508 e. The third kappa shape index (κ3) is 15.5. The van der Waals surface area contributed by atoms with Crippen LogP contribution in [0.1, 0.15) is 66.5 Å². The molecule has 13 N–H and O–H groups in total. The Morgan fingerprint density at radius 3 is 1.86 bits per heavy atom. The summed E-state index contributed by atoms with van der Waals surface area (Å²) in [4.78, 5) is 117. The lowest BCUT2D eigenvalue weighted by atomic mass is 9.93. The third-order valence-electron chi connectivity index (χ3n) is 14.4. The molecule has 8 atom stereocenters. The van der Waals surface area contributed by atoms with Crippen LogP contribution >= 0.6 is 25.3 Å². The lowest BCUT2D eigenvalue weighted by Gasteiger charge is -2.37. The number of rotatable bonds is 25. The molecule has 2 aliphatic heterocycles. The maximum atomic E-state index is 14.9. The number of nitrogens with one attached hydrogen (secondary N) is 8. The Morgan fingerprint density at radius 2 is 1.22 bits per heavy atom. The van der Waals surface area contributed by atoms with Crippen LogP contribution in [-0.4, -0.2) is 129 Å². The van der Waals surface area contributed by atoms with Gasteiger partial charge in [0.15, 0.2) is 0 Å². The second-order valence-corrected chi connectivity index (χ2v) is 21.1. The molecule has 22 heteroatoms. The van der Waals surface area contributed by atoms with Gasteiger partial charge in [-0.1, -0.05) is 92.7 Å². The molecule has 5 aromatic rings. The number of nitrogens with two attached hydrogens (primary N) is 2. The Kier molecular flexibility index (Phi) is 21.0. The van der Waals surface area contributed by atoms with E-state index in [1.54, 1.807) is 32.2 Å². The van der Waals surface area contributed by atoms with Crippen molar-refractivity contribution in [3.05, 3.63) is 137 Å². The average Bonchev–Trinajstić information content (AvgIpc) is 3.87. The number of thiol groups is 2. The van der Waals surface area contributed by atoms with Gasteiger partial charge in [0, 0.05) is 61.0 Å². The van der Waals surface area contributed by atoms with Crippen molar-refractivity contribution in [1.29, 1.82) is 0 Å². The molecule has 0 aliphatic carbocycles. The SMILES string of the molecule is CC(C)[C@H](NC(=O)[C@H](CCCCN)NC(=O)[C@@H](Cc1c[nH]c2ccccc12)NC(=O)[C@H](Cc1ccc(O)cc1)NC(=O)[C@@H](CS)NC(=O)C1Cc2ccccc2CN1)C(=O)N[C@@H](CS)C(=O)N1Cc2ccccc2CC1C(N)=O. The van der Waals surface area contributed by atoms with E-state index in [4.69, 9.17) is 11.5 Å². The van der Waals surface area contributed by atoms with E-state index in [0.717, 1.165) is 33.2 Å². The van der Waals surface area contributed by atoms with Crippen LogP contribution in [0.5, 0.6) is 5.75 Å². The summed E-state index contributed by atoms with van der Waals surface area (Å²) in [6, 6.07) is 19.4. The monoisotopic (exact) mass is 1120 g/mol. The van der Waals surface area contributed by atoms with Crippen molar-refractivity contribution in [2.75, 3.05) is 18.1 Å². The number of para-hydroxylation sites is 1. The maximum absolute atomic E-state index is 14.9. The zero-order valence-electron chi connectivity index (χ0n) is 44.2. The number of nitrogens with zero attached hydrogens (tertiary/aromatic N) is 1. The number of carbonyl (C=O) groups excluding carboxylic acids is 8. The molecule has 1 aromatic heterocycles. The number of aromatic nitrogens is 1. The Bertz CT molecular complexity index is 2990. The molecule has 0 saturated carbocycles. The number of fused-ring (bicyclic) bond motifs is 3. The number of amides is 8. The summed E-state index contributed by atoms with van der Waals surface area (Å²) in [5, 5.41) is 30.8. The molecule has 0 spiro atoms. The molecular weight excluding hydrogens is 1050 g/mol. The molecule has 0 bridgehead atoms. The van der Waals surface area contributed by atoms with Crippen molar-refractivity contribution >= 4 is 83.4 Å². The summed E-state index contributed by atoms with van der Waals surface area (Å²) < 4.78 is 0. The molecule has 20 nitrogen and oxygen atoms in total. The molecule has 4 aromatic carbocycles. The Labute approximate surface area is 469 Å².